The second-order valence-corrected chi connectivity index (χ2v) is 14.8. The first kappa shape index (κ1) is 45.6. The maximum Gasteiger partial charge on any atom is 0.330 e. The molecular formula is C36H58N4O16. The average molecular weight is 803 g/mol. The van der Waals surface area contributed by atoms with E-state index >= 15 is 0 Å². The predicted octanol–water partition coefficient (Wildman–Crippen LogP) is -3.26. The lowest BCUT2D eigenvalue weighted by Gasteiger charge is -2.47. The molecule has 2 amide bonds. The summed E-state index contributed by atoms with van der Waals surface area (Å²) in [6.07, 6.45) is -11.6. The number of carbonyl (C=O) groups excluding carboxylic acids is 2. The van der Waals surface area contributed by atoms with E-state index in [1.807, 2.05) is 4.98 Å². The van der Waals surface area contributed by atoms with Crippen molar-refractivity contribution in [2.45, 2.75) is 164 Å². The molecule has 1 aromatic heterocycles. The molecule has 0 spiro atoms. The summed E-state index contributed by atoms with van der Waals surface area (Å²) in [5.74, 6) is -0.676. The van der Waals surface area contributed by atoms with Crippen LogP contribution in [-0.2, 0) is 28.5 Å². The molecule has 4 heterocycles. The van der Waals surface area contributed by atoms with Crippen molar-refractivity contribution in [1.29, 1.82) is 0 Å². The van der Waals surface area contributed by atoms with Crippen molar-refractivity contribution < 1.29 is 69.4 Å². The maximum atomic E-state index is 13.1. The minimum absolute atomic E-state index is 0.598. The van der Waals surface area contributed by atoms with Crippen LogP contribution in [0.4, 0.5) is 0 Å². The van der Waals surface area contributed by atoms with E-state index in [-0.39, 0.29) is 0 Å². The number of allylic oxidation sites excluding steroid dienone is 1. The van der Waals surface area contributed by atoms with Gasteiger partial charge < -0.3 is 70.4 Å². The van der Waals surface area contributed by atoms with Crippen molar-refractivity contribution in [3.05, 3.63) is 45.3 Å². The molecule has 56 heavy (non-hydrogen) atoms. The quantitative estimate of drug-likeness (QED) is 0.0513. The third-order valence-corrected chi connectivity index (χ3v) is 10.6. The van der Waals surface area contributed by atoms with Crippen molar-refractivity contribution in [2.24, 2.45) is 5.92 Å². The summed E-state index contributed by atoms with van der Waals surface area (Å²) in [5, 5.41) is 91.2. The van der Waals surface area contributed by atoms with Crippen LogP contribution in [0.15, 0.2) is 34.0 Å². The lowest BCUT2D eigenvalue weighted by atomic mass is 9.91. The van der Waals surface area contributed by atoms with Gasteiger partial charge in [0.15, 0.2) is 18.8 Å². The van der Waals surface area contributed by atoms with E-state index < -0.39 is 128 Å². The van der Waals surface area contributed by atoms with Gasteiger partial charge in [0.2, 0.25) is 11.8 Å². The molecule has 0 bridgehead atoms. The molecule has 11 N–H and O–H groups in total. The summed E-state index contributed by atoms with van der Waals surface area (Å²) < 4.78 is 24.1. The van der Waals surface area contributed by atoms with E-state index in [0.717, 1.165) is 62.3 Å². The minimum atomic E-state index is -1.85. The van der Waals surface area contributed by atoms with Gasteiger partial charge in [0.1, 0.15) is 60.9 Å². The van der Waals surface area contributed by atoms with Crippen LogP contribution in [0.5, 0.6) is 0 Å². The Labute approximate surface area is 323 Å². The Morgan fingerprint density at radius 3 is 2.14 bits per heavy atom. The summed E-state index contributed by atoms with van der Waals surface area (Å²) in [7, 11) is 0. The lowest BCUT2D eigenvalue weighted by Crippen LogP contribution is -2.68. The Hall–Kier alpha value is -3.12. The van der Waals surface area contributed by atoms with E-state index in [1.54, 1.807) is 6.08 Å². The number of aromatic nitrogens is 2. The van der Waals surface area contributed by atoms with E-state index in [2.05, 4.69) is 24.5 Å². The standard InChI is InChI=1S/C36H58N4O16/c1-4-17(2)11-9-7-5-6-8-10-12-22(44)38-25-29(49)26(46)20(53-35(25)56-34-24(37-18(3)42)28(48)27(47)21(16-41)54-34)15-19(43)32-30(50)31(51)33(55-32)40-14-13-23(45)39-36(40)52/h10,12-14,17,19-21,24-35,41,43,46-51H,4-9,11,15-16H2,1-3H3,(H,37,42)(H,38,44)(H,39,45,52)/b12-10+/t17-,19+,20-,21+,24+,25+,26-,27+,28+,29-,30+,31-,32+,33+,34-,35+/m0/s1. The first-order valence-corrected chi connectivity index (χ1v) is 19.1. The van der Waals surface area contributed by atoms with Gasteiger partial charge in [-0.3, -0.25) is 23.9 Å². The molecule has 3 aliphatic rings. The Morgan fingerprint density at radius 2 is 1.52 bits per heavy atom. The second-order valence-electron chi connectivity index (χ2n) is 14.8. The van der Waals surface area contributed by atoms with Crippen LogP contribution in [0.1, 0.15) is 78.4 Å². The van der Waals surface area contributed by atoms with E-state index in [9.17, 15) is 60.0 Å². The number of aliphatic hydroxyl groups is 8. The van der Waals surface area contributed by atoms with Crippen molar-refractivity contribution >= 4 is 11.8 Å². The monoisotopic (exact) mass is 802 g/mol. The molecule has 16 atom stereocenters. The predicted molar refractivity (Wildman–Crippen MR) is 193 cm³/mol. The van der Waals surface area contributed by atoms with Crippen molar-refractivity contribution in [1.82, 2.24) is 20.2 Å². The van der Waals surface area contributed by atoms with Crippen LogP contribution in [0.3, 0.4) is 0 Å². The fraction of sp³-hybridized carbons (Fsp3) is 0.778. The molecule has 3 saturated heterocycles. The summed E-state index contributed by atoms with van der Waals surface area (Å²) >= 11 is 0. The molecule has 3 aliphatic heterocycles. The van der Waals surface area contributed by atoms with Gasteiger partial charge in [-0.1, -0.05) is 52.0 Å². The van der Waals surface area contributed by atoms with Crippen LogP contribution >= 0.6 is 0 Å². The highest BCUT2D eigenvalue weighted by molar-refractivity contribution is 5.87. The van der Waals surface area contributed by atoms with Crippen molar-refractivity contribution in [3.63, 3.8) is 0 Å². The lowest BCUT2D eigenvalue weighted by molar-refractivity contribution is -0.346. The highest BCUT2D eigenvalue weighted by Gasteiger charge is 2.53. The molecule has 318 valence electrons. The molecule has 20 heteroatoms. The Morgan fingerprint density at radius 1 is 0.893 bits per heavy atom. The summed E-state index contributed by atoms with van der Waals surface area (Å²) in [5.41, 5.74) is -1.69. The maximum absolute atomic E-state index is 13.1. The largest absolute Gasteiger partial charge is 0.394 e. The van der Waals surface area contributed by atoms with Crippen LogP contribution in [0.25, 0.3) is 0 Å². The van der Waals surface area contributed by atoms with Crippen LogP contribution in [0.2, 0.25) is 0 Å². The number of rotatable bonds is 18. The summed E-state index contributed by atoms with van der Waals surface area (Å²) in [6, 6.07) is -2.01. The number of ether oxygens (including phenoxy) is 4. The smallest absolute Gasteiger partial charge is 0.330 e. The molecule has 0 aromatic carbocycles. The van der Waals surface area contributed by atoms with Crippen LogP contribution in [0, 0.1) is 5.92 Å². The Balaban J connectivity index is 1.50. The first-order chi connectivity index (χ1) is 26.6. The zero-order chi connectivity index (χ0) is 41.3. The van der Waals surface area contributed by atoms with E-state index in [1.165, 1.54) is 6.08 Å². The van der Waals surface area contributed by atoms with Crippen LogP contribution < -0.4 is 21.9 Å². The fourth-order valence-electron chi connectivity index (χ4n) is 7.06. The fourth-order valence-corrected chi connectivity index (χ4v) is 7.06. The third kappa shape index (κ3) is 11.5. The number of unbranched alkanes of at least 4 members (excludes halogenated alkanes) is 4. The number of H-pyrrole nitrogens is 1. The molecule has 0 radical (unpaired) electrons. The highest BCUT2D eigenvalue weighted by Crippen LogP contribution is 2.34. The number of aliphatic hydroxyl groups excluding tert-OH is 8. The second kappa shape index (κ2) is 21.0. The summed E-state index contributed by atoms with van der Waals surface area (Å²) in [4.78, 5) is 51.0. The van der Waals surface area contributed by atoms with Crippen LogP contribution in [-0.4, -0.2) is 155 Å². The number of hydrogen-bond acceptors (Lipinski definition) is 16. The summed E-state index contributed by atoms with van der Waals surface area (Å²) in [6.45, 7) is 4.73. The van der Waals surface area contributed by atoms with Gasteiger partial charge in [0.25, 0.3) is 5.56 Å². The van der Waals surface area contributed by atoms with E-state index in [4.69, 9.17) is 18.9 Å². The van der Waals surface area contributed by atoms with Gasteiger partial charge in [-0.25, -0.2) is 4.79 Å². The molecule has 4 rings (SSSR count). The zero-order valence-electron chi connectivity index (χ0n) is 31.7. The molecule has 0 saturated carbocycles. The molecule has 1 aromatic rings. The molecule has 0 unspecified atom stereocenters. The molecular weight excluding hydrogens is 744 g/mol. The third-order valence-electron chi connectivity index (χ3n) is 10.6. The van der Waals surface area contributed by atoms with Gasteiger partial charge in [0, 0.05) is 25.6 Å². The van der Waals surface area contributed by atoms with Gasteiger partial charge >= 0.3 is 5.69 Å². The number of carbonyl (C=O) groups is 2. The Kier molecular flexibility index (Phi) is 17.1. The zero-order valence-corrected chi connectivity index (χ0v) is 31.7. The number of hydrogen-bond donors (Lipinski definition) is 11. The first-order valence-electron chi connectivity index (χ1n) is 19.1. The molecule has 20 nitrogen and oxygen atoms in total. The SMILES string of the molecule is CC[C@H](C)CCCCCC/C=C/C(=O)N[C@H]1[C@@H](O[C@@H]2O[C@H](CO)[C@@H](O)[C@H](O)[C@H]2NC(C)=O)O[C@@H](C[C@@H](O)[C@H]2O[C@@H](n3ccc(=O)[nH]c3=O)[C@@H](O)[C@H]2O)[C@H](O)[C@H]1O. The van der Waals surface area contributed by atoms with Crippen molar-refractivity contribution in [2.75, 3.05) is 6.61 Å². The van der Waals surface area contributed by atoms with E-state index in [0.29, 0.717) is 12.3 Å². The molecule has 0 aliphatic carbocycles. The molecule has 3 fully saturated rings. The van der Waals surface area contributed by atoms with Gasteiger partial charge in [-0.15, -0.1) is 0 Å². The highest BCUT2D eigenvalue weighted by atomic mass is 16.8. The number of nitrogens with one attached hydrogen (secondary N) is 3. The average Bonchev–Trinajstić information content (AvgIpc) is 3.45. The minimum Gasteiger partial charge on any atom is -0.394 e. The Bertz CT molecular complexity index is 1560. The van der Waals surface area contributed by atoms with Gasteiger partial charge in [0.05, 0.1) is 18.8 Å². The number of nitrogens with zero attached hydrogens (tertiary/aromatic N) is 1. The number of aromatic amines is 1. The topological polar surface area (TPSA) is 312 Å². The van der Waals surface area contributed by atoms with Crippen molar-refractivity contribution in [3.8, 4) is 0 Å². The van der Waals surface area contributed by atoms with Gasteiger partial charge in [-0.05, 0) is 24.8 Å². The van der Waals surface area contributed by atoms with Gasteiger partial charge in [-0.2, -0.15) is 0 Å². The number of amides is 2. The normalized spacial score (nSPS) is 36.0.